The lowest BCUT2D eigenvalue weighted by molar-refractivity contribution is -0.163. The molecule has 0 bridgehead atoms. The molecule has 2 aromatic carbocycles. The summed E-state index contributed by atoms with van der Waals surface area (Å²) in [7, 11) is 0. The molecule has 0 aliphatic carbocycles. The van der Waals surface area contributed by atoms with E-state index in [0.717, 1.165) is 17.7 Å². The molecule has 4 aliphatic rings. The van der Waals surface area contributed by atoms with Crippen LogP contribution in [0.25, 0.3) is 0 Å². The number of amides is 7. The fraction of sp³-hybridized carbons (Fsp3) is 0.537. The standard InChI is InChI=1S/C41H51F2N7O8/c1-22-10-12-29(13-11-22)45-41(57)46-30(19-26-17-27(42)20-28(43)18-26)35(51)47-34-25(4)58-40(56)33-16-23(2)21-50(33)37(53)24(3)44-36(52)31-8-5-6-14-48(31)38(54)32-9-7-15-49(32)39(34)55/h10-13,17-18,20,23-25,30-34H,5-9,14-16,19,21H2,1-4H3,(H,44,52)(H,47,51)(H2,45,46,57)/t23-,24+,25+,30+,31+,32+,33+,34?/m1/s1. The highest BCUT2D eigenvalue weighted by molar-refractivity contribution is 5.98. The van der Waals surface area contributed by atoms with E-state index in [9.17, 15) is 42.3 Å². The zero-order chi connectivity index (χ0) is 41.8. The summed E-state index contributed by atoms with van der Waals surface area (Å²) >= 11 is 0. The number of anilines is 1. The third-order valence-corrected chi connectivity index (χ3v) is 11.3. The number of nitrogens with zero attached hydrogens (tertiary/aromatic N) is 3. The van der Waals surface area contributed by atoms with Crippen LogP contribution >= 0.6 is 0 Å². The van der Waals surface area contributed by atoms with Gasteiger partial charge in [-0.05, 0) is 95.0 Å². The number of carbonyl (C=O) groups excluding carboxylic acids is 7. The number of hydrogen-bond donors (Lipinski definition) is 4. The highest BCUT2D eigenvalue weighted by Crippen LogP contribution is 2.29. The maximum absolute atomic E-state index is 14.7. The van der Waals surface area contributed by atoms with E-state index >= 15 is 0 Å². The Hall–Kier alpha value is -5.61. The fourth-order valence-corrected chi connectivity index (χ4v) is 8.36. The summed E-state index contributed by atoms with van der Waals surface area (Å²) in [5, 5.41) is 10.6. The molecule has 58 heavy (non-hydrogen) atoms. The van der Waals surface area contributed by atoms with E-state index in [1.807, 2.05) is 13.8 Å². The number of hydrogen-bond acceptors (Lipinski definition) is 8. The first-order chi connectivity index (χ1) is 27.6. The molecule has 4 aliphatic heterocycles. The third-order valence-electron chi connectivity index (χ3n) is 11.3. The Morgan fingerprint density at radius 2 is 1.48 bits per heavy atom. The number of rotatable bonds is 6. The van der Waals surface area contributed by atoms with Crippen molar-refractivity contribution in [2.45, 2.75) is 115 Å². The van der Waals surface area contributed by atoms with Crippen LogP contribution in [0, 0.1) is 24.5 Å². The van der Waals surface area contributed by atoms with Gasteiger partial charge in [0.25, 0.3) is 0 Å². The number of aryl methyl sites for hydroxylation is 1. The van der Waals surface area contributed by atoms with Crippen LogP contribution in [0.5, 0.6) is 0 Å². The Bertz CT molecular complexity index is 1910. The van der Waals surface area contributed by atoms with Crippen LogP contribution in [0.3, 0.4) is 0 Å². The SMILES string of the molecule is Cc1ccc(NC(=O)N[C@@H](Cc2cc(F)cc(F)c2)C(=O)NC2C(=O)N3CCC[C@H]3C(=O)N3CCCC[C@H]3C(=O)N[C@@H](C)C(=O)N3C[C@H](C)C[C@H]3C(=O)O[C@H]2C)cc1. The van der Waals surface area contributed by atoms with Gasteiger partial charge in [-0.2, -0.15) is 0 Å². The number of carbonyl (C=O) groups is 7. The van der Waals surface area contributed by atoms with Crippen molar-refractivity contribution < 1.29 is 47.1 Å². The largest absolute Gasteiger partial charge is 0.458 e. The summed E-state index contributed by atoms with van der Waals surface area (Å²) in [5.41, 5.74) is 1.36. The highest BCUT2D eigenvalue weighted by atomic mass is 19.1. The number of urea groups is 1. The molecule has 8 atom stereocenters. The monoisotopic (exact) mass is 807 g/mol. The summed E-state index contributed by atoms with van der Waals surface area (Å²) in [5.74, 6) is -5.95. The zero-order valence-electron chi connectivity index (χ0n) is 33.1. The van der Waals surface area contributed by atoms with Crippen molar-refractivity contribution >= 4 is 47.2 Å². The lowest BCUT2D eigenvalue weighted by Crippen LogP contribution is -2.63. The maximum atomic E-state index is 14.7. The molecule has 0 aromatic heterocycles. The molecule has 6 rings (SSSR count). The molecule has 2 aromatic rings. The van der Waals surface area contributed by atoms with Gasteiger partial charge in [0.2, 0.25) is 29.5 Å². The van der Waals surface area contributed by atoms with Crippen LogP contribution in [0.2, 0.25) is 0 Å². The van der Waals surface area contributed by atoms with Crippen LogP contribution in [0.1, 0.15) is 70.4 Å². The Morgan fingerprint density at radius 1 is 0.828 bits per heavy atom. The summed E-state index contributed by atoms with van der Waals surface area (Å²) in [6.45, 7) is 7.24. The molecule has 0 spiro atoms. The number of ether oxygens (including phenoxy) is 1. The number of esters is 1. The minimum absolute atomic E-state index is 0.0248. The van der Waals surface area contributed by atoms with E-state index in [2.05, 4.69) is 21.3 Å². The van der Waals surface area contributed by atoms with Gasteiger partial charge in [-0.25, -0.2) is 18.4 Å². The molecule has 0 radical (unpaired) electrons. The van der Waals surface area contributed by atoms with Crippen molar-refractivity contribution in [1.82, 2.24) is 30.7 Å². The van der Waals surface area contributed by atoms with Crippen molar-refractivity contribution in [2.75, 3.05) is 25.0 Å². The van der Waals surface area contributed by atoms with Crippen LogP contribution < -0.4 is 21.3 Å². The predicted octanol–water partition coefficient (Wildman–Crippen LogP) is 2.55. The fourth-order valence-electron chi connectivity index (χ4n) is 8.36. The quantitative estimate of drug-likeness (QED) is 0.321. The number of benzene rings is 2. The van der Waals surface area contributed by atoms with E-state index in [1.165, 1.54) is 28.5 Å². The molecular weight excluding hydrogens is 756 g/mol. The van der Waals surface area contributed by atoms with Crippen molar-refractivity contribution in [3.8, 4) is 0 Å². The molecule has 17 heteroatoms. The first-order valence-corrected chi connectivity index (χ1v) is 19.9. The number of nitrogens with one attached hydrogen (secondary N) is 4. The van der Waals surface area contributed by atoms with Crippen LogP contribution in [0.4, 0.5) is 19.3 Å². The lowest BCUT2D eigenvalue weighted by Gasteiger charge is -2.39. The highest BCUT2D eigenvalue weighted by Gasteiger charge is 2.47. The van der Waals surface area contributed by atoms with Gasteiger partial charge in [0.1, 0.15) is 54.0 Å². The average Bonchev–Trinajstić information content (AvgIpc) is 3.83. The Morgan fingerprint density at radius 3 is 2.19 bits per heavy atom. The second-order valence-electron chi connectivity index (χ2n) is 15.9. The maximum Gasteiger partial charge on any atom is 0.329 e. The van der Waals surface area contributed by atoms with Gasteiger partial charge >= 0.3 is 12.0 Å². The van der Waals surface area contributed by atoms with E-state index in [-0.39, 0.29) is 44.0 Å². The van der Waals surface area contributed by atoms with Gasteiger partial charge in [-0.15, -0.1) is 0 Å². The van der Waals surface area contributed by atoms with Crippen molar-refractivity contribution in [1.29, 1.82) is 0 Å². The summed E-state index contributed by atoms with van der Waals surface area (Å²) in [4.78, 5) is 102. The molecular formula is C41H51F2N7O8. The summed E-state index contributed by atoms with van der Waals surface area (Å²) < 4.78 is 34.5. The zero-order valence-corrected chi connectivity index (χ0v) is 33.1. The second kappa shape index (κ2) is 17.9. The van der Waals surface area contributed by atoms with E-state index in [4.69, 9.17) is 4.74 Å². The smallest absolute Gasteiger partial charge is 0.329 e. The molecule has 4 saturated heterocycles. The lowest BCUT2D eigenvalue weighted by atomic mass is 9.99. The first-order valence-electron chi connectivity index (χ1n) is 19.9. The first kappa shape index (κ1) is 42.0. The number of piperidine rings is 1. The topological polar surface area (TPSA) is 187 Å². The minimum Gasteiger partial charge on any atom is -0.458 e. The molecule has 7 amide bonds. The Labute approximate surface area is 335 Å². The molecule has 4 heterocycles. The van der Waals surface area contributed by atoms with E-state index in [0.29, 0.717) is 37.4 Å². The van der Waals surface area contributed by atoms with Crippen LogP contribution in [0.15, 0.2) is 42.5 Å². The second-order valence-corrected chi connectivity index (χ2v) is 15.9. The molecule has 0 saturated carbocycles. The number of halogens is 2. The molecule has 1 unspecified atom stereocenters. The minimum atomic E-state index is -1.62. The summed E-state index contributed by atoms with van der Waals surface area (Å²) in [6, 6.07) is 1.56. The normalized spacial score (nSPS) is 27.5. The third kappa shape index (κ3) is 9.56. The van der Waals surface area contributed by atoms with Gasteiger partial charge in [0.05, 0.1) is 0 Å². The van der Waals surface area contributed by atoms with Gasteiger partial charge in [-0.1, -0.05) is 24.6 Å². The molecule has 15 nitrogen and oxygen atoms in total. The van der Waals surface area contributed by atoms with Gasteiger partial charge in [0, 0.05) is 37.8 Å². The van der Waals surface area contributed by atoms with Gasteiger partial charge in [-0.3, -0.25) is 24.0 Å². The van der Waals surface area contributed by atoms with Gasteiger partial charge < -0.3 is 40.7 Å². The van der Waals surface area contributed by atoms with Crippen LogP contribution in [-0.4, -0.2) is 118 Å². The predicted molar refractivity (Wildman–Crippen MR) is 206 cm³/mol. The molecule has 4 fully saturated rings. The van der Waals surface area contributed by atoms with Crippen molar-refractivity contribution in [2.24, 2.45) is 5.92 Å². The van der Waals surface area contributed by atoms with E-state index < -0.39 is 102 Å². The molecule has 4 N–H and O–H groups in total. The summed E-state index contributed by atoms with van der Waals surface area (Å²) in [6.07, 6.45) is 0.815. The van der Waals surface area contributed by atoms with E-state index in [1.54, 1.807) is 24.3 Å². The number of cyclic esters (lactones) is 1. The Balaban J connectivity index is 1.34. The van der Waals surface area contributed by atoms with Gasteiger partial charge in [0.15, 0.2) is 0 Å². The Kier molecular flexibility index (Phi) is 13.0. The average molecular weight is 808 g/mol. The van der Waals surface area contributed by atoms with Crippen molar-refractivity contribution in [3.63, 3.8) is 0 Å². The van der Waals surface area contributed by atoms with Crippen LogP contribution in [-0.2, 0) is 39.9 Å². The molecule has 312 valence electrons. The number of fused-ring (bicyclic) bond motifs is 3. The van der Waals surface area contributed by atoms with Crippen molar-refractivity contribution in [3.05, 3.63) is 65.2 Å².